The molecule has 0 amide bonds. The number of nitrogens with zero attached hydrogens (tertiary/aromatic N) is 1. The Morgan fingerprint density at radius 3 is 2.61 bits per heavy atom. The molecule has 0 saturated heterocycles. The quantitative estimate of drug-likeness (QED) is 0.870. The van der Waals surface area contributed by atoms with Crippen LogP contribution in [-0.2, 0) is 6.42 Å². The van der Waals surface area contributed by atoms with E-state index in [9.17, 15) is 0 Å². The summed E-state index contributed by atoms with van der Waals surface area (Å²) in [5, 5.41) is 4.49. The Labute approximate surface area is 113 Å². The second-order valence-corrected chi connectivity index (χ2v) is 5.77. The lowest BCUT2D eigenvalue weighted by molar-refractivity contribution is 0.803. The summed E-state index contributed by atoms with van der Waals surface area (Å²) < 4.78 is 0. The standard InChI is InChI=1S/C15H20N2S/c1-4-14-12(3)18-15(17-14)16-10-11(2)13-8-6-5-7-9-13/h5-9,11H,4,10H2,1-3H3,(H,16,17). The van der Waals surface area contributed by atoms with E-state index in [2.05, 4.69) is 61.4 Å². The van der Waals surface area contributed by atoms with Crippen molar-refractivity contribution in [1.82, 2.24) is 4.98 Å². The van der Waals surface area contributed by atoms with Crippen LogP contribution in [0.5, 0.6) is 0 Å². The lowest BCUT2D eigenvalue weighted by Crippen LogP contribution is -2.09. The molecule has 1 unspecified atom stereocenters. The minimum absolute atomic E-state index is 0.500. The smallest absolute Gasteiger partial charge is 0.183 e. The number of aryl methyl sites for hydroxylation is 2. The van der Waals surface area contributed by atoms with Crippen molar-refractivity contribution < 1.29 is 0 Å². The van der Waals surface area contributed by atoms with Crippen molar-refractivity contribution in [2.45, 2.75) is 33.1 Å². The number of nitrogens with one attached hydrogen (secondary N) is 1. The summed E-state index contributed by atoms with van der Waals surface area (Å²) in [5.41, 5.74) is 2.59. The summed E-state index contributed by atoms with van der Waals surface area (Å²) in [6.07, 6.45) is 1.01. The van der Waals surface area contributed by atoms with Crippen LogP contribution in [0.4, 0.5) is 5.13 Å². The highest BCUT2D eigenvalue weighted by atomic mass is 32.1. The number of aromatic nitrogens is 1. The maximum Gasteiger partial charge on any atom is 0.183 e. The Bertz CT molecular complexity index is 490. The fourth-order valence-corrected chi connectivity index (χ4v) is 2.88. The van der Waals surface area contributed by atoms with Crippen LogP contribution in [0.2, 0.25) is 0 Å². The zero-order chi connectivity index (χ0) is 13.0. The normalized spacial score (nSPS) is 12.4. The summed E-state index contributed by atoms with van der Waals surface area (Å²) in [5.74, 6) is 0.500. The highest BCUT2D eigenvalue weighted by Gasteiger charge is 2.08. The summed E-state index contributed by atoms with van der Waals surface area (Å²) in [6.45, 7) is 7.46. The van der Waals surface area contributed by atoms with Crippen LogP contribution in [0.1, 0.15) is 35.9 Å². The van der Waals surface area contributed by atoms with E-state index in [4.69, 9.17) is 0 Å². The topological polar surface area (TPSA) is 24.9 Å². The maximum atomic E-state index is 4.60. The van der Waals surface area contributed by atoms with E-state index in [0.29, 0.717) is 5.92 Å². The van der Waals surface area contributed by atoms with Gasteiger partial charge in [-0.2, -0.15) is 0 Å². The van der Waals surface area contributed by atoms with Gasteiger partial charge in [0.05, 0.1) is 5.69 Å². The van der Waals surface area contributed by atoms with Gasteiger partial charge in [-0.05, 0) is 24.8 Å². The van der Waals surface area contributed by atoms with Gasteiger partial charge in [0.15, 0.2) is 5.13 Å². The van der Waals surface area contributed by atoms with Gasteiger partial charge >= 0.3 is 0 Å². The van der Waals surface area contributed by atoms with Crippen LogP contribution in [-0.4, -0.2) is 11.5 Å². The first-order chi connectivity index (χ1) is 8.70. The Balaban J connectivity index is 1.95. The number of hydrogen-bond donors (Lipinski definition) is 1. The first-order valence-corrected chi connectivity index (χ1v) is 7.27. The zero-order valence-electron chi connectivity index (χ0n) is 11.2. The molecule has 3 heteroatoms. The van der Waals surface area contributed by atoms with E-state index in [-0.39, 0.29) is 0 Å². The number of rotatable bonds is 5. The fraction of sp³-hybridized carbons (Fsp3) is 0.400. The summed E-state index contributed by atoms with van der Waals surface area (Å²) in [4.78, 5) is 5.93. The Morgan fingerprint density at radius 1 is 1.28 bits per heavy atom. The van der Waals surface area contributed by atoms with Crippen molar-refractivity contribution in [3.05, 3.63) is 46.5 Å². The van der Waals surface area contributed by atoms with Crippen molar-refractivity contribution in [3.8, 4) is 0 Å². The van der Waals surface area contributed by atoms with Crippen LogP contribution in [0.25, 0.3) is 0 Å². The van der Waals surface area contributed by atoms with Gasteiger partial charge < -0.3 is 5.32 Å². The van der Waals surface area contributed by atoms with E-state index >= 15 is 0 Å². The lowest BCUT2D eigenvalue weighted by Gasteiger charge is -2.12. The first kappa shape index (κ1) is 13.1. The fourth-order valence-electron chi connectivity index (χ4n) is 1.97. The lowest BCUT2D eigenvalue weighted by atomic mass is 10.0. The average molecular weight is 260 g/mol. The number of benzene rings is 1. The molecule has 0 aliphatic rings. The Hall–Kier alpha value is -1.35. The first-order valence-electron chi connectivity index (χ1n) is 6.45. The average Bonchev–Trinajstić information content (AvgIpc) is 2.77. The third-order valence-electron chi connectivity index (χ3n) is 3.16. The van der Waals surface area contributed by atoms with Crippen molar-refractivity contribution in [1.29, 1.82) is 0 Å². The molecule has 1 N–H and O–H groups in total. The molecule has 0 fully saturated rings. The second kappa shape index (κ2) is 6.01. The van der Waals surface area contributed by atoms with Crippen LogP contribution < -0.4 is 5.32 Å². The van der Waals surface area contributed by atoms with E-state index in [1.165, 1.54) is 16.1 Å². The van der Waals surface area contributed by atoms with Gasteiger partial charge in [-0.1, -0.05) is 44.2 Å². The van der Waals surface area contributed by atoms with Crippen molar-refractivity contribution in [2.75, 3.05) is 11.9 Å². The molecule has 96 valence electrons. The van der Waals surface area contributed by atoms with E-state index < -0.39 is 0 Å². The molecule has 0 spiro atoms. The summed E-state index contributed by atoms with van der Waals surface area (Å²) >= 11 is 1.75. The molecule has 0 bridgehead atoms. The van der Waals surface area contributed by atoms with Gasteiger partial charge in [0.1, 0.15) is 0 Å². The van der Waals surface area contributed by atoms with Gasteiger partial charge in [0.2, 0.25) is 0 Å². The third kappa shape index (κ3) is 3.10. The van der Waals surface area contributed by atoms with Crippen LogP contribution in [0, 0.1) is 6.92 Å². The molecular weight excluding hydrogens is 240 g/mol. The van der Waals surface area contributed by atoms with Crippen molar-refractivity contribution >= 4 is 16.5 Å². The summed E-state index contributed by atoms with van der Waals surface area (Å²) in [6, 6.07) is 10.6. The highest BCUT2D eigenvalue weighted by molar-refractivity contribution is 7.15. The molecule has 0 saturated carbocycles. The van der Waals surface area contributed by atoms with Gasteiger partial charge in [0.25, 0.3) is 0 Å². The molecular formula is C15H20N2S. The molecule has 2 nitrogen and oxygen atoms in total. The number of hydrogen-bond acceptors (Lipinski definition) is 3. The summed E-state index contributed by atoms with van der Waals surface area (Å²) in [7, 11) is 0. The SMILES string of the molecule is CCc1nc(NCC(C)c2ccccc2)sc1C. The molecule has 2 rings (SSSR count). The monoisotopic (exact) mass is 260 g/mol. The van der Waals surface area contributed by atoms with Crippen molar-refractivity contribution in [3.63, 3.8) is 0 Å². The zero-order valence-corrected chi connectivity index (χ0v) is 12.1. The molecule has 0 aliphatic heterocycles. The van der Waals surface area contributed by atoms with Gasteiger partial charge in [-0.15, -0.1) is 11.3 Å². The minimum atomic E-state index is 0.500. The predicted octanol–water partition coefficient (Wildman–Crippen LogP) is 4.23. The molecule has 2 aromatic rings. The molecule has 1 aromatic heterocycles. The Morgan fingerprint density at radius 2 is 2.00 bits per heavy atom. The largest absolute Gasteiger partial charge is 0.361 e. The van der Waals surface area contributed by atoms with Gasteiger partial charge in [-0.25, -0.2) is 4.98 Å². The van der Waals surface area contributed by atoms with Gasteiger partial charge in [-0.3, -0.25) is 0 Å². The second-order valence-electron chi connectivity index (χ2n) is 4.57. The van der Waals surface area contributed by atoms with Crippen LogP contribution in [0.3, 0.4) is 0 Å². The highest BCUT2D eigenvalue weighted by Crippen LogP contribution is 2.23. The number of thiazole rings is 1. The molecule has 0 aliphatic carbocycles. The van der Waals surface area contributed by atoms with Crippen LogP contribution >= 0.6 is 11.3 Å². The van der Waals surface area contributed by atoms with Crippen molar-refractivity contribution in [2.24, 2.45) is 0 Å². The van der Waals surface area contributed by atoms with Gasteiger partial charge in [0, 0.05) is 11.4 Å². The third-order valence-corrected chi connectivity index (χ3v) is 4.13. The predicted molar refractivity (Wildman–Crippen MR) is 79.6 cm³/mol. The molecule has 18 heavy (non-hydrogen) atoms. The van der Waals surface area contributed by atoms with Crippen LogP contribution in [0.15, 0.2) is 30.3 Å². The Kier molecular flexibility index (Phi) is 4.37. The molecule has 1 heterocycles. The van der Waals surface area contributed by atoms with E-state index in [0.717, 1.165) is 18.1 Å². The maximum absolute atomic E-state index is 4.60. The van der Waals surface area contributed by atoms with E-state index in [1.807, 2.05) is 0 Å². The molecule has 1 atom stereocenters. The minimum Gasteiger partial charge on any atom is -0.361 e. The number of anilines is 1. The van der Waals surface area contributed by atoms with E-state index in [1.54, 1.807) is 11.3 Å². The molecule has 1 aromatic carbocycles. The molecule has 0 radical (unpaired) electrons.